The van der Waals surface area contributed by atoms with E-state index in [1.807, 2.05) is 25.1 Å². The van der Waals surface area contributed by atoms with Crippen LogP contribution in [0.2, 0.25) is 0 Å². The number of thiophene rings is 1. The molecule has 6 nitrogen and oxygen atoms in total. The van der Waals surface area contributed by atoms with E-state index in [4.69, 9.17) is 0 Å². The third-order valence-electron chi connectivity index (χ3n) is 4.44. The van der Waals surface area contributed by atoms with E-state index in [0.29, 0.717) is 12.2 Å². The van der Waals surface area contributed by atoms with Crippen molar-refractivity contribution in [1.29, 1.82) is 0 Å². The third-order valence-corrected chi connectivity index (χ3v) is 5.56. The van der Waals surface area contributed by atoms with Gasteiger partial charge in [0.25, 0.3) is 0 Å². The molecule has 0 bridgehead atoms. The molecule has 0 spiro atoms. The average Bonchev–Trinajstić information content (AvgIpc) is 3.11. The summed E-state index contributed by atoms with van der Waals surface area (Å²) in [5.41, 5.74) is 7.96. The summed E-state index contributed by atoms with van der Waals surface area (Å²) in [6.07, 6.45) is 1.97. The van der Waals surface area contributed by atoms with Crippen LogP contribution in [0.5, 0.6) is 0 Å². The zero-order valence-corrected chi connectivity index (χ0v) is 15.0. The van der Waals surface area contributed by atoms with Gasteiger partial charge < -0.3 is 5.32 Å². The molecule has 0 saturated carbocycles. The van der Waals surface area contributed by atoms with Crippen LogP contribution in [0.3, 0.4) is 0 Å². The van der Waals surface area contributed by atoms with Gasteiger partial charge in [0.2, 0.25) is 5.91 Å². The number of hydrogen-bond donors (Lipinski definition) is 2. The standard InChI is InChI=1S/C18H17N5OS/c1-9-11(3)25-18-16(9)17(19-8-20-18)23-22-10(2)12-4-5-14-13(6-12)7-15(24)21-14/h4-6,8H,7H2,1-3H3,(H,21,24)(H,19,20,23). The molecule has 1 aliphatic heterocycles. The lowest BCUT2D eigenvalue weighted by Gasteiger charge is -2.06. The molecule has 126 valence electrons. The van der Waals surface area contributed by atoms with Crippen molar-refractivity contribution in [3.63, 3.8) is 0 Å². The zero-order valence-electron chi connectivity index (χ0n) is 14.2. The number of carbonyl (C=O) groups is 1. The molecular weight excluding hydrogens is 334 g/mol. The summed E-state index contributed by atoms with van der Waals surface area (Å²) in [5.74, 6) is 0.746. The highest BCUT2D eigenvalue weighted by atomic mass is 32.1. The summed E-state index contributed by atoms with van der Waals surface area (Å²) in [6, 6.07) is 5.88. The number of rotatable bonds is 3. The molecule has 0 aliphatic carbocycles. The Morgan fingerprint density at radius 2 is 2.16 bits per heavy atom. The third kappa shape index (κ3) is 2.76. The van der Waals surface area contributed by atoms with Crippen LogP contribution in [-0.2, 0) is 11.2 Å². The first-order valence-corrected chi connectivity index (χ1v) is 8.78. The quantitative estimate of drug-likeness (QED) is 0.558. The van der Waals surface area contributed by atoms with E-state index in [-0.39, 0.29) is 5.91 Å². The zero-order chi connectivity index (χ0) is 17.6. The maximum absolute atomic E-state index is 11.5. The molecule has 3 heterocycles. The molecule has 0 radical (unpaired) electrons. The number of hydrazone groups is 1. The van der Waals surface area contributed by atoms with Crippen LogP contribution < -0.4 is 10.7 Å². The van der Waals surface area contributed by atoms with E-state index in [9.17, 15) is 4.79 Å². The Kier molecular flexibility index (Phi) is 3.73. The van der Waals surface area contributed by atoms with E-state index in [2.05, 4.69) is 39.7 Å². The normalized spacial score (nSPS) is 13.9. The highest BCUT2D eigenvalue weighted by Crippen LogP contribution is 2.32. The van der Waals surface area contributed by atoms with Crippen LogP contribution in [-0.4, -0.2) is 21.6 Å². The SMILES string of the molecule is CC(=NNc1ncnc2sc(C)c(C)c12)c1ccc2c(c1)CC(=O)N2. The lowest BCUT2D eigenvalue weighted by atomic mass is 10.1. The maximum atomic E-state index is 11.5. The van der Waals surface area contributed by atoms with Gasteiger partial charge >= 0.3 is 0 Å². The molecule has 2 aromatic heterocycles. The Hall–Kier alpha value is -2.80. The highest BCUT2D eigenvalue weighted by Gasteiger charge is 2.18. The van der Waals surface area contributed by atoms with Crippen molar-refractivity contribution in [2.24, 2.45) is 5.10 Å². The predicted octanol–water partition coefficient (Wildman–Crippen LogP) is 3.64. The summed E-state index contributed by atoms with van der Waals surface area (Å²) in [6.45, 7) is 6.09. The molecule has 0 saturated heterocycles. The minimum absolute atomic E-state index is 0.0338. The van der Waals surface area contributed by atoms with Crippen molar-refractivity contribution in [2.45, 2.75) is 27.2 Å². The Balaban J connectivity index is 1.64. The monoisotopic (exact) mass is 351 g/mol. The molecule has 4 rings (SSSR count). The number of nitrogens with zero attached hydrogens (tertiary/aromatic N) is 3. The second-order valence-electron chi connectivity index (χ2n) is 6.09. The molecule has 2 N–H and O–H groups in total. The highest BCUT2D eigenvalue weighted by molar-refractivity contribution is 7.18. The number of aromatic nitrogens is 2. The molecule has 7 heteroatoms. The van der Waals surface area contributed by atoms with Gasteiger partial charge in [0, 0.05) is 10.6 Å². The second kappa shape index (κ2) is 5.93. The number of anilines is 2. The average molecular weight is 351 g/mol. The molecule has 0 fully saturated rings. The molecule has 1 aromatic carbocycles. The fourth-order valence-corrected chi connectivity index (χ4v) is 3.92. The van der Waals surface area contributed by atoms with Crippen LogP contribution in [0.1, 0.15) is 28.5 Å². The summed E-state index contributed by atoms with van der Waals surface area (Å²) in [7, 11) is 0. The van der Waals surface area contributed by atoms with Gasteiger partial charge in [0.1, 0.15) is 11.2 Å². The Morgan fingerprint density at radius 1 is 1.32 bits per heavy atom. The molecule has 1 amide bonds. The van der Waals surface area contributed by atoms with Gasteiger partial charge in [-0.1, -0.05) is 6.07 Å². The van der Waals surface area contributed by atoms with Crippen molar-refractivity contribution in [3.8, 4) is 0 Å². The summed E-state index contributed by atoms with van der Waals surface area (Å²) in [4.78, 5) is 22.3. The number of hydrogen-bond acceptors (Lipinski definition) is 6. The summed E-state index contributed by atoms with van der Waals surface area (Å²) in [5, 5.41) is 8.34. The van der Waals surface area contributed by atoms with E-state index >= 15 is 0 Å². The second-order valence-corrected chi connectivity index (χ2v) is 7.29. The van der Waals surface area contributed by atoms with Gasteiger partial charge in [0.05, 0.1) is 17.5 Å². The number of benzene rings is 1. The topological polar surface area (TPSA) is 79.3 Å². The van der Waals surface area contributed by atoms with Gasteiger partial charge in [-0.05, 0) is 49.6 Å². The maximum Gasteiger partial charge on any atom is 0.228 e. The van der Waals surface area contributed by atoms with Crippen molar-refractivity contribution >= 4 is 44.7 Å². The van der Waals surface area contributed by atoms with E-state index in [1.165, 1.54) is 10.4 Å². The van der Waals surface area contributed by atoms with Gasteiger partial charge in [-0.15, -0.1) is 11.3 Å². The van der Waals surface area contributed by atoms with Gasteiger partial charge in [-0.25, -0.2) is 9.97 Å². The molecule has 3 aromatic rings. The first kappa shape index (κ1) is 15.7. The van der Waals surface area contributed by atoms with E-state index in [1.54, 1.807) is 17.7 Å². The molecule has 1 aliphatic rings. The minimum Gasteiger partial charge on any atom is -0.326 e. The fraction of sp³-hybridized carbons (Fsp3) is 0.222. The molecular formula is C18H17N5OS. The number of amides is 1. The number of aryl methyl sites for hydroxylation is 2. The van der Waals surface area contributed by atoms with Crippen LogP contribution in [0.15, 0.2) is 29.6 Å². The van der Waals surface area contributed by atoms with Crippen molar-refractivity contribution in [2.75, 3.05) is 10.7 Å². The Labute approximate surface area is 149 Å². The number of fused-ring (bicyclic) bond motifs is 2. The van der Waals surface area contributed by atoms with Crippen molar-refractivity contribution in [1.82, 2.24) is 9.97 Å². The lowest BCUT2D eigenvalue weighted by molar-refractivity contribution is -0.115. The van der Waals surface area contributed by atoms with Crippen LogP contribution >= 0.6 is 11.3 Å². The van der Waals surface area contributed by atoms with Crippen LogP contribution in [0, 0.1) is 13.8 Å². The van der Waals surface area contributed by atoms with E-state index < -0.39 is 0 Å². The molecule has 0 atom stereocenters. The Morgan fingerprint density at radius 3 is 3.00 bits per heavy atom. The van der Waals surface area contributed by atoms with Crippen molar-refractivity contribution < 1.29 is 4.79 Å². The van der Waals surface area contributed by atoms with Crippen molar-refractivity contribution in [3.05, 3.63) is 46.1 Å². The Bertz CT molecular complexity index is 1040. The molecule has 25 heavy (non-hydrogen) atoms. The van der Waals surface area contributed by atoms with Gasteiger partial charge in [-0.2, -0.15) is 5.10 Å². The summed E-state index contributed by atoms with van der Waals surface area (Å²) >= 11 is 1.66. The first-order chi connectivity index (χ1) is 12.0. The summed E-state index contributed by atoms with van der Waals surface area (Å²) < 4.78 is 0. The number of nitrogens with one attached hydrogen (secondary N) is 2. The van der Waals surface area contributed by atoms with Crippen LogP contribution in [0.4, 0.5) is 11.5 Å². The minimum atomic E-state index is 0.0338. The lowest BCUT2D eigenvalue weighted by Crippen LogP contribution is -2.03. The first-order valence-electron chi connectivity index (χ1n) is 7.97. The predicted molar refractivity (Wildman–Crippen MR) is 101 cm³/mol. The van der Waals surface area contributed by atoms with Gasteiger partial charge in [-0.3, -0.25) is 10.2 Å². The van der Waals surface area contributed by atoms with Crippen LogP contribution in [0.25, 0.3) is 10.2 Å². The largest absolute Gasteiger partial charge is 0.326 e. The van der Waals surface area contributed by atoms with E-state index in [0.717, 1.165) is 32.7 Å². The fourth-order valence-electron chi connectivity index (χ4n) is 2.92. The number of carbonyl (C=O) groups excluding carboxylic acids is 1. The van der Waals surface area contributed by atoms with Gasteiger partial charge in [0.15, 0.2) is 5.82 Å². The smallest absolute Gasteiger partial charge is 0.228 e. The molecule has 0 unspecified atom stereocenters.